The minimum Gasteiger partial charge on any atom is -0.481 e. The number of amides is 1. The number of nitrogens with one attached hydrogen (secondary N) is 1. The number of thioether (sulfide) groups is 1. The lowest BCUT2D eigenvalue weighted by molar-refractivity contribution is -0.153. The summed E-state index contributed by atoms with van der Waals surface area (Å²) in [7, 11) is 0. The summed E-state index contributed by atoms with van der Waals surface area (Å²) >= 11 is 1.80. The molecule has 0 bridgehead atoms. The van der Waals surface area contributed by atoms with Crippen LogP contribution in [0.25, 0.3) is 0 Å². The highest BCUT2D eigenvalue weighted by molar-refractivity contribution is 7.99. The molecule has 0 aliphatic carbocycles. The summed E-state index contributed by atoms with van der Waals surface area (Å²) in [6.45, 7) is 5.74. The Hall–Kier alpha value is -0.750. The third kappa shape index (κ3) is 3.28. The van der Waals surface area contributed by atoms with Crippen LogP contribution in [0.2, 0.25) is 0 Å². The second-order valence-electron chi connectivity index (χ2n) is 6.23. The molecule has 5 nitrogen and oxygen atoms in total. The number of rotatable bonds is 3. The van der Waals surface area contributed by atoms with Crippen molar-refractivity contribution < 1.29 is 14.7 Å². The highest BCUT2D eigenvalue weighted by atomic mass is 32.2. The molecule has 2 atom stereocenters. The Kier molecular flexibility index (Phi) is 4.96. The van der Waals surface area contributed by atoms with Crippen molar-refractivity contribution >= 4 is 23.6 Å². The maximum Gasteiger partial charge on any atom is 0.309 e. The van der Waals surface area contributed by atoms with Gasteiger partial charge in [0.05, 0.1) is 11.5 Å². The highest BCUT2D eigenvalue weighted by Crippen LogP contribution is 2.34. The topological polar surface area (TPSA) is 69.6 Å². The zero-order valence-electron chi connectivity index (χ0n) is 12.2. The van der Waals surface area contributed by atoms with E-state index in [1.165, 1.54) is 0 Å². The first-order valence-electron chi connectivity index (χ1n) is 7.26. The van der Waals surface area contributed by atoms with Gasteiger partial charge in [-0.1, -0.05) is 0 Å². The van der Waals surface area contributed by atoms with Gasteiger partial charge in [-0.2, -0.15) is 11.8 Å². The number of carbonyl (C=O) groups is 2. The third-order valence-electron chi connectivity index (χ3n) is 4.52. The molecule has 2 N–H and O–H groups in total. The first kappa shape index (κ1) is 15.6. The van der Waals surface area contributed by atoms with Gasteiger partial charge >= 0.3 is 5.97 Å². The average molecular weight is 300 g/mol. The third-order valence-corrected chi connectivity index (χ3v) is 5.59. The quantitative estimate of drug-likeness (QED) is 0.815. The lowest BCUT2D eigenvalue weighted by Gasteiger charge is -2.40. The number of hydrogen-bond acceptors (Lipinski definition) is 4. The van der Waals surface area contributed by atoms with Crippen LogP contribution in [0.15, 0.2) is 0 Å². The monoisotopic (exact) mass is 300 g/mol. The van der Waals surface area contributed by atoms with E-state index in [9.17, 15) is 14.7 Å². The molecule has 0 aromatic heterocycles. The molecule has 2 fully saturated rings. The Balaban J connectivity index is 1.99. The fraction of sp³-hybridized carbons (Fsp3) is 0.857. The van der Waals surface area contributed by atoms with Crippen molar-refractivity contribution in [1.29, 1.82) is 0 Å². The van der Waals surface area contributed by atoms with Gasteiger partial charge in [-0.15, -0.1) is 0 Å². The normalized spacial score (nSPS) is 28.2. The minimum atomic E-state index is -0.775. The van der Waals surface area contributed by atoms with Crippen LogP contribution in [-0.2, 0) is 9.59 Å². The van der Waals surface area contributed by atoms with Crippen molar-refractivity contribution in [2.45, 2.75) is 32.7 Å². The number of hydrogen-bond donors (Lipinski definition) is 2. The Morgan fingerprint density at radius 2 is 2.15 bits per heavy atom. The Morgan fingerprint density at radius 3 is 2.75 bits per heavy atom. The summed E-state index contributed by atoms with van der Waals surface area (Å²) < 4.78 is 0. The summed E-state index contributed by atoms with van der Waals surface area (Å²) in [6.07, 6.45) is 1.78. The number of carbonyl (C=O) groups excluding carboxylic acids is 1. The van der Waals surface area contributed by atoms with E-state index >= 15 is 0 Å². The number of carboxylic acid groups (broad SMARTS) is 1. The first-order valence-corrected chi connectivity index (χ1v) is 8.41. The van der Waals surface area contributed by atoms with Gasteiger partial charge in [0.25, 0.3) is 0 Å². The van der Waals surface area contributed by atoms with E-state index < -0.39 is 11.4 Å². The molecule has 0 aromatic carbocycles. The molecule has 2 heterocycles. The molecule has 6 heteroatoms. The fourth-order valence-electron chi connectivity index (χ4n) is 2.89. The van der Waals surface area contributed by atoms with E-state index in [-0.39, 0.29) is 17.9 Å². The molecule has 0 aromatic rings. The molecule has 2 saturated heterocycles. The van der Waals surface area contributed by atoms with Crippen LogP contribution in [0.5, 0.6) is 0 Å². The van der Waals surface area contributed by atoms with E-state index in [1.54, 1.807) is 25.6 Å². The summed E-state index contributed by atoms with van der Waals surface area (Å²) in [5.74, 6) is 1.28. The number of likely N-dealkylation sites (tertiary alicyclic amines) is 1. The van der Waals surface area contributed by atoms with Crippen LogP contribution in [-0.4, -0.2) is 59.1 Å². The molecule has 114 valence electrons. The lowest BCUT2D eigenvalue weighted by atomic mass is 9.74. The summed E-state index contributed by atoms with van der Waals surface area (Å²) in [5, 5.41) is 12.6. The molecule has 20 heavy (non-hydrogen) atoms. The Morgan fingerprint density at radius 1 is 1.40 bits per heavy atom. The summed E-state index contributed by atoms with van der Waals surface area (Å²) in [5.41, 5.74) is -0.770. The van der Waals surface area contributed by atoms with Gasteiger partial charge in [0, 0.05) is 31.1 Å². The lowest BCUT2D eigenvalue weighted by Crippen LogP contribution is -2.54. The summed E-state index contributed by atoms with van der Waals surface area (Å²) in [4.78, 5) is 25.7. The minimum absolute atomic E-state index is 0.0361. The highest BCUT2D eigenvalue weighted by Gasteiger charge is 2.40. The molecule has 2 aliphatic heterocycles. The van der Waals surface area contributed by atoms with Crippen LogP contribution >= 0.6 is 11.8 Å². The molecule has 1 amide bonds. The van der Waals surface area contributed by atoms with Gasteiger partial charge in [0.15, 0.2) is 0 Å². The van der Waals surface area contributed by atoms with E-state index in [0.717, 1.165) is 37.4 Å². The van der Waals surface area contributed by atoms with E-state index in [1.807, 2.05) is 4.90 Å². The van der Waals surface area contributed by atoms with Crippen LogP contribution in [0, 0.1) is 11.3 Å². The molecule has 0 radical (unpaired) electrons. The molecule has 2 rings (SSSR count). The van der Waals surface area contributed by atoms with Gasteiger partial charge in [-0.25, -0.2) is 0 Å². The van der Waals surface area contributed by atoms with Crippen LogP contribution in [0.3, 0.4) is 0 Å². The van der Waals surface area contributed by atoms with Crippen molar-refractivity contribution in [1.82, 2.24) is 10.2 Å². The predicted octanol–water partition coefficient (Wildman–Crippen LogP) is 1.04. The standard InChI is InChI=1S/C14H24N2O3S/c1-14(2,13(18)19)10-4-3-6-16(8-10)12(17)11-9-20-7-5-15-11/h10-11,15H,3-9H2,1-2H3,(H,18,19). The Bertz CT molecular complexity index is 381. The number of nitrogens with zero attached hydrogens (tertiary/aromatic N) is 1. The van der Waals surface area contributed by atoms with Gasteiger partial charge in [-0.05, 0) is 32.6 Å². The van der Waals surface area contributed by atoms with E-state index in [2.05, 4.69) is 5.32 Å². The first-order chi connectivity index (χ1) is 9.43. The molecular formula is C14H24N2O3S. The second kappa shape index (κ2) is 6.35. The zero-order chi connectivity index (χ0) is 14.8. The number of carboxylic acids is 1. The molecule has 2 unspecified atom stereocenters. The smallest absolute Gasteiger partial charge is 0.309 e. The fourth-order valence-corrected chi connectivity index (χ4v) is 3.81. The van der Waals surface area contributed by atoms with Crippen molar-refractivity contribution in [3.63, 3.8) is 0 Å². The van der Waals surface area contributed by atoms with Crippen molar-refractivity contribution in [2.24, 2.45) is 11.3 Å². The second-order valence-corrected chi connectivity index (χ2v) is 7.38. The molecule has 2 aliphatic rings. The number of aliphatic carboxylic acids is 1. The average Bonchev–Trinajstić information content (AvgIpc) is 2.47. The van der Waals surface area contributed by atoms with E-state index in [0.29, 0.717) is 6.54 Å². The van der Waals surface area contributed by atoms with Gasteiger partial charge < -0.3 is 15.3 Å². The van der Waals surface area contributed by atoms with E-state index in [4.69, 9.17) is 0 Å². The van der Waals surface area contributed by atoms with Gasteiger partial charge in [0.2, 0.25) is 5.91 Å². The Labute approximate surface area is 124 Å². The maximum atomic E-state index is 12.5. The molecular weight excluding hydrogens is 276 g/mol. The predicted molar refractivity (Wildman–Crippen MR) is 79.8 cm³/mol. The van der Waals surface area contributed by atoms with Gasteiger partial charge in [0.1, 0.15) is 0 Å². The SMILES string of the molecule is CC(C)(C(=O)O)C1CCCN(C(=O)C2CSCCN2)C1. The number of piperidine rings is 1. The van der Waals surface area contributed by atoms with Crippen LogP contribution < -0.4 is 5.32 Å². The molecule has 0 saturated carbocycles. The maximum absolute atomic E-state index is 12.5. The van der Waals surface area contributed by atoms with Crippen molar-refractivity contribution in [2.75, 3.05) is 31.1 Å². The summed E-state index contributed by atoms with van der Waals surface area (Å²) in [6, 6.07) is -0.0968. The molecule has 0 spiro atoms. The van der Waals surface area contributed by atoms with Crippen LogP contribution in [0.4, 0.5) is 0 Å². The van der Waals surface area contributed by atoms with Crippen molar-refractivity contribution in [3.05, 3.63) is 0 Å². The largest absolute Gasteiger partial charge is 0.481 e. The van der Waals surface area contributed by atoms with Crippen LogP contribution in [0.1, 0.15) is 26.7 Å². The van der Waals surface area contributed by atoms with Gasteiger partial charge in [-0.3, -0.25) is 9.59 Å². The van der Waals surface area contributed by atoms with Crippen molar-refractivity contribution in [3.8, 4) is 0 Å². The zero-order valence-corrected chi connectivity index (χ0v) is 13.0.